The van der Waals surface area contributed by atoms with Gasteiger partial charge in [-0.3, -0.25) is 4.79 Å². The summed E-state index contributed by atoms with van der Waals surface area (Å²) < 4.78 is 17.8. The Morgan fingerprint density at radius 1 is 1.10 bits per heavy atom. The van der Waals surface area contributed by atoms with Crippen molar-refractivity contribution in [2.75, 3.05) is 6.61 Å². The van der Waals surface area contributed by atoms with E-state index in [4.69, 9.17) is 31.3 Å². The van der Waals surface area contributed by atoms with E-state index in [1.165, 1.54) is 0 Å². The second kappa shape index (κ2) is 8.66. The van der Waals surface area contributed by atoms with Crippen LogP contribution in [-0.2, 0) is 11.5 Å². The number of hydrogen-bond acceptors (Lipinski definition) is 7. The molecule has 30 heavy (non-hydrogen) atoms. The van der Waals surface area contributed by atoms with Crippen molar-refractivity contribution in [2.45, 2.75) is 6.73 Å². The summed E-state index contributed by atoms with van der Waals surface area (Å²) in [6.07, 6.45) is 1.74. The van der Waals surface area contributed by atoms with E-state index >= 15 is 0 Å². The zero-order valence-corrected chi connectivity index (χ0v) is 16.3. The fraction of sp³-hybridized carbons (Fsp3) is 0.100. The maximum atomic E-state index is 10.8. The lowest BCUT2D eigenvalue weighted by Gasteiger charge is -2.05. The molecule has 2 N–H and O–H groups in total. The first-order valence-corrected chi connectivity index (χ1v) is 9.22. The van der Waals surface area contributed by atoms with Crippen LogP contribution in [0.15, 0.2) is 65.3 Å². The third kappa shape index (κ3) is 4.76. The third-order valence-electron chi connectivity index (χ3n) is 3.94. The molecule has 0 bridgehead atoms. The Kier molecular flexibility index (Phi) is 5.62. The number of aromatic nitrogens is 4. The van der Waals surface area contributed by atoms with Gasteiger partial charge in [0.25, 0.3) is 11.8 Å². The highest BCUT2D eigenvalue weighted by atomic mass is 35.5. The highest BCUT2D eigenvalue weighted by Crippen LogP contribution is 2.23. The molecular formula is C20H16ClN5O4. The molecule has 4 aromatic rings. The molecule has 0 aliphatic rings. The van der Waals surface area contributed by atoms with Gasteiger partial charge in [-0.2, -0.15) is 10.1 Å². The van der Waals surface area contributed by atoms with Gasteiger partial charge in [-0.15, -0.1) is 0 Å². The van der Waals surface area contributed by atoms with E-state index in [0.717, 1.165) is 5.56 Å². The number of amides is 1. The maximum absolute atomic E-state index is 10.8. The van der Waals surface area contributed by atoms with Gasteiger partial charge in [0.1, 0.15) is 11.5 Å². The molecule has 0 aliphatic heterocycles. The average Bonchev–Trinajstić information content (AvgIpc) is 3.41. The van der Waals surface area contributed by atoms with Crippen LogP contribution in [0.3, 0.4) is 0 Å². The Hall–Kier alpha value is -3.85. The Morgan fingerprint density at radius 3 is 2.70 bits per heavy atom. The van der Waals surface area contributed by atoms with E-state index in [2.05, 4.69) is 15.2 Å². The van der Waals surface area contributed by atoms with E-state index in [9.17, 15) is 4.79 Å². The van der Waals surface area contributed by atoms with Crippen molar-refractivity contribution in [2.24, 2.45) is 5.73 Å². The molecule has 0 saturated heterocycles. The molecule has 152 valence electrons. The second-order valence-electron chi connectivity index (χ2n) is 6.17. The lowest BCUT2D eigenvalue weighted by molar-refractivity contribution is -0.119. The lowest BCUT2D eigenvalue weighted by Crippen LogP contribution is -2.19. The molecule has 0 atom stereocenters. The number of ether oxygens (including phenoxy) is 2. The number of primary amides is 1. The molecule has 0 aliphatic carbocycles. The number of carbonyl (C=O) groups excluding carboxylic acids is 1. The average molecular weight is 426 g/mol. The minimum absolute atomic E-state index is 0.185. The summed E-state index contributed by atoms with van der Waals surface area (Å²) >= 11 is 5.94. The fourth-order valence-corrected chi connectivity index (χ4v) is 2.72. The summed E-state index contributed by atoms with van der Waals surface area (Å²) in [6, 6.07) is 15.7. The van der Waals surface area contributed by atoms with E-state index in [1.807, 2.05) is 12.1 Å². The molecule has 2 heterocycles. The fourth-order valence-electron chi connectivity index (χ4n) is 2.54. The van der Waals surface area contributed by atoms with Crippen molar-refractivity contribution in [3.05, 3.63) is 65.8 Å². The molecule has 10 heteroatoms. The summed E-state index contributed by atoms with van der Waals surface area (Å²) in [5.74, 6) is 1.29. The zero-order chi connectivity index (χ0) is 20.9. The quantitative estimate of drug-likeness (QED) is 0.460. The number of halogens is 1. The summed E-state index contributed by atoms with van der Waals surface area (Å²) in [4.78, 5) is 15.1. The second-order valence-corrected chi connectivity index (χ2v) is 6.61. The molecule has 9 nitrogen and oxygen atoms in total. The summed E-state index contributed by atoms with van der Waals surface area (Å²) in [5, 5.41) is 8.96. The molecule has 4 rings (SSSR count). The van der Waals surface area contributed by atoms with Crippen molar-refractivity contribution < 1.29 is 18.8 Å². The van der Waals surface area contributed by atoms with Gasteiger partial charge in [-0.05, 0) is 48.5 Å². The molecule has 0 fully saturated rings. The highest BCUT2D eigenvalue weighted by molar-refractivity contribution is 6.30. The van der Waals surface area contributed by atoms with Crippen LogP contribution in [0.4, 0.5) is 0 Å². The molecule has 2 aromatic heterocycles. The van der Waals surface area contributed by atoms with E-state index in [-0.39, 0.29) is 19.2 Å². The number of hydrogen-bond donors (Lipinski definition) is 1. The Labute approximate surface area is 176 Å². The largest absolute Gasteiger partial charge is 0.484 e. The first-order valence-electron chi connectivity index (χ1n) is 8.84. The van der Waals surface area contributed by atoms with Gasteiger partial charge in [0.15, 0.2) is 19.0 Å². The van der Waals surface area contributed by atoms with Crippen LogP contribution in [0.5, 0.6) is 11.5 Å². The van der Waals surface area contributed by atoms with Crippen LogP contribution in [0, 0.1) is 0 Å². The maximum Gasteiger partial charge on any atom is 0.278 e. The Morgan fingerprint density at radius 2 is 1.93 bits per heavy atom. The van der Waals surface area contributed by atoms with Crippen molar-refractivity contribution in [1.29, 1.82) is 0 Å². The number of nitrogens with two attached hydrogens (primary N) is 1. The van der Waals surface area contributed by atoms with Crippen LogP contribution < -0.4 is 15.2 Å². The molecule has 0 spiro atoms. The van der Waals surface area contributed by atoms with E-state index < -0.39 is 5.91 Å². The van der Waals surface area contributed by atoms with Crippen molar-refractivity contribution in [3.63, 3.8) is 0 Å². The molecule has 0 radical (unpaired) electrons. The summed E-state index contributed by atoms with van der Waals surface area (Å²) in [7, 11) is 0. The number of benzene rings is 2. The molecule has 2 aromatic carbocycles. The van der Waals surface area contributed by atoms with Crippen LogP contribution in [0.25, 0.3) is 23.0 Å². The smallest absolute Gasteiger partial charge is 0.278 e. The number of nitrogens with zero attached hydrogens (tertiary/aromatic N) is 4. The molecule has 0 unspecified atom stereocenters. The van der Waals surface area contributed by atoms with E-state index in [1.54, 1.807) is 53.3 Å². The zero-order valence-electron chi connectivity index (χ0n) is 15.6. The van der Waals surface area contributed by atoms with Crippen molar-refractivity contribution in [3.8, 4) is 34.5 Å². The minimum Gasteiger partial charge on any atom is -0.484 e. The predicted octanol–water partition coefficient (Wildman–Crippen LogP) is 3.15. The Balaban J connectivity index is 1.41. The SMILES string of the molecule is NC(=O)COc1ccc(-c2noc(-c3ccn(COc4cccc(Cl)c4)n3)n2)cc1. The van der Waals surface area contributed by atoms with Crippen LogP contribution in [0.1, 0.15) is 0 Å². The van der Waals surface area contributed by atoms with Gasteiger partial charge in [-0.25, -0.2) is 4.68 Å². The van der Waals surface area contributed by atoms with Crippen LogP contribution >= 0.6 is 11.6 Å². The Bertz CT molecular complexity index is 1160. The standard InChI is InChI=1S/C20H16ClN5O4/c21-14-2-1-3-16(10-14)29-12-26-9-8-17(24-26)20-23-19(25-30-20)13-4-6-15(7-5-13)28-11-18(22)27/h1-10H,11-12H2,(H2,22,27). The minimum atomic E-state index is -0.542. The lowest BCUT2D eigenvalue weighted by atomic mass is 10.2. The van der Waals surface area contributed by atoms with Gasteiger partial charge in [-0.1, -0.05) is 22.8 Å². The van der Waals surface area contributed by atoms with Gasteiger partial charge in [0, 0.05) is 16.8 Å². The van der Waals surface area contributed by atoms with Crippen molar-refractivity contribution >= 4 is 17.5 Å². The van der Waals surface area contributed by atoms with Gasteiger partial charge < -0.3 is 19.7 Å². The first-order chi connectivity index (χ1) is 14.6. The summed E-state index contributed by atoms with van der Waals surface area (Å²) in [6.45, 7) is 0.0174. The first kappa shape index (κ1) is 19.5. The molecular weight excluding hydrogens is 410 g/mol. The predicted molar refractivity (Wildman–Crippen MR) is 108 cm³/mol. The molecule has 1 amide bonds. The number of rotatable bonds is 8. The monoisotopic (exact) mass is 425 g/mol. The molecule has 0 saturated carbocycles. The van der Waals surface area contributed by atoms with Gasteiger partial charge in [0.2, 0.25) is 5.82 Å². The van der Waals surface area contributed by atoms with Crippen molar-refractivity contribution in [1.82, 2.24) is 19.9 Å². The topological polar surface area (TPSA) is 118 Å². The summed E-state index contributed by atoms with van der Waals surface area (Å²) in [5.41, 5.74) is 6.30. The third-order valence-corrected chi connectivity index (χ3v) is 4.17. The van der Waals surface area contributed by atoms with Gasteiger partial charge >= 0.3 is 0 Å². The van der Waals surface area contributed by atoms with Crippen LogP contribution in [0.2, 0.25) is 5.02 Å². The normalized spacial score (nSPS) is 10.7. The van der Waals surface area contributed by atoms with Crippen LogP contribution in [-0.4, -0.2) is 32.4 Å². The van der Waals surface area contributed by atoms with E-state index in [0.29, 0.717) is 28.0 Å². The highest BCUT2D eigenvalue weighted by Gasteiger charge is 2.13. The van der Waals surface area contributed by atoms with Gasteiger partial charge in [0.05, 0.1) is 0 Å². The number of carbonyl (C=O) groups is 1.